The van der Waals surface area contributed by atoms with Crippen LogP contribution in [-0.2, 0) is 6.42 Å². The normalized spacial score (nSPS) is 20.4. The summed E-state index contributed by atoms with van der Waals surface area (Å²) in [5.41, 5.74) is 7.39. The van der Waals surface area contributed by atoms with Gasteiger partial charge in [-0.2, -0.15) is 0 Å². The number of benzene rings is 1. The first-order chi connectivity index (χ1) is 7.74. The molecule has 0 amide bonds. The van der Waals surface area contributed by atoms with Crippen LogP contribution in [0.5, 0.6) is 0 Å². The van der Waals surface area contributed by atoms with Gasteiger partial charge in [0.25, 0.3) is 0 Å². The predicted octanol–water partition coefficient (Wildman–Crippen LogP) is 2.32. The lowest BCUT2D eigenvalue weighted by molar-refractivity contribution is 0.610. The van der Waals surface area contributed by atoms with Gasteiger partial charge in [0.05, 0.1) is 5.69 Å². The number of hydrogen-bond acceptors (Lipinski definition) is 2. The van der Waals surface area contributed by atoms with E-state index in [9.17, 15) is 4.39 Å². The second-order valence-corrected chi connectivity index (χ2v) is 4.47. The Kier molecular flexibility index (Phi) is 3.44. The van der Waals surface area contributed by atoms with E-state index in [-0.39, 0.29) is 5.82 Å². The van der Waals surface area contributed by atoms with Gasteiger partial charge in [-0.3, -0.25) is 0 Å². The van der Waals surface area contributed by atoms with Crippen LogP contribution in [0.4, 0.5) is 10.1 Å². The maximum absolute atomic E-state index is 13.9. The number of anilines is 1. The molecule has 1 unspecified atom stereocenters. The Bertz CT molecular complexity index is 365. The Hall–Kier alpha value is -1.09. The van der Waals surface area contributed by atoms with Crippen LogP contribution < -0.4 is 10.6 Å². The number of nitrogens with zero attached hydrogens (tertiary/aromatic N) is 1. The average Bonchev–Trinajstić information content (AvgIpc) is 2.65. The van der Waals surface area contributed by atoms with Crippen molar-refractivity contribution in [3.63, 3.8) is 0 Å². The third kappa shape index (κ3) is 2.05. The molecule has 2 rings (SSSR count). The molecule has 1 heterocycles. The van der Waals surface area contributed by atoms with Gasteiger partial charge in [-0.15, -0.1) is 0 Å². The first-order valence-corrected chi connectivity index (χ1v) is 5.98. The van der Waals surface area contributed by atoms with Gasteiger partial charge in [0.15, 0.2) is 0 Å². The summed E-state index contributed by atoms with van der Waals surface area (Å²) in [6.45, 7) is 3.68. The predicted molar refractivity (Wildman–Crippen MR) is 65.2 cm³/mol. The molecule has 1 aliphatic heterocycles. The van der Waals surface area contributed by atoms with Crippen molar-refractivity contribution in [3.05, 3.63) is 29.6 Å². The van der Waals surface area contributed by atoms with E-state index in [1.807, 2.05) is 6.07 Å². The van der Waals surface area contributed by atoms with Gasteiger partial charge < -0.3 is 10.6 Å². The van der Waals surface area contributed by atoms with Crippen LogP contribution in [-0.4, -0.2) is 19.1 Å². The second-order valence-electron chi connectivity index (χ2n) is 4.47. The van der Waals surface area contributed by atoms with E-state index in [4.69, 9.17) is 5.73 Å². The zero-order chi connectivity index (χ0) is 11.5. The number of nitrogens with two attached hydrogens (primary N) is 1. The molecule has 88 valence electrons. The molecule has 3 heteroatoms. The highest BCUT2D eigenvalue weighted by atomic mass is 19.1. The standard InChI is InChI=1S/C13H19FN2/c1-10-4-3-9-16(10)13-11(7-8-15)5-2-6-12(13)14/h2,5-6,10H,3-4,7-9,15H2,1H3. The molecule has 2 N–H and O–H groups in total. The molecule has 2 nitrogen and oxygen atoms in total. The Morgan fingerprint density at radius 1 is 1.50 bits per heavy atom. The van der Waals surface area contributed by atoms with E-state index in [1.165, 1.54) is 0 Å². The number of para-hydroxylation sites is 1. The Balaban J connectivity index is 2.36. The van der Waals surface area contributed by atoms with Crippen molar-refractivity contribution in [3.8, 4) is 0 Å². The summed E-state index contributed by atoms with van der Waals surface area (Å²) in [6.07, 6.45) is 3.05. The molecule has 0 radical (unpaired) electrons. The molecule has 0 aliphatic carbocycles. The summed E-state index contributed by atoms with van der Waals surface area (Å²) in [6, 6.07) is 5.73. The van der Waals surface area contributed by atoms with Gasteiger partial charge in [0.2, 0.25) is 0 Å². The lowest BCUT2D eigenvalue weighted by Crippen LogP contribution is -2.28. The maximum atomic E-state index is 13.9. The molecule has 0 spiro atoms. The maximum Gasteiger partial charge on any atom is 0.146 e. The van der Waals surface area contributed by atoms with Crippen LogP contribution in [0.3, 0.4) is 0 Å². The molecule has 1 aliphatic rings. The van der Waals surface area contributed by atoms with Crippen molar-refractivity contribution >= 4 is 5.69 Å². The van der Waals surface area contributed by atoms with Crippen molar-refractivity contribution in [2.75, 3.05) is 18.0 Å². The summed E-state index contributed by atoms with van der Waals surface area (Å²) in [5.74, 6) is -0.111. The fraction of sp³-hybridized carbons (Fsp3) is 0.538. The molecule has 0 aromatic heterocycles. The third-order valence-electron chi connectivity index (χ3n) is 3.32. The van der Waals surface area contributed by atoms with Gasteiger partial charge in [0, 0.05) is 12.6 Å². The van der Waals surface area contributed by atoms with E-state index in [1.54, 1.807) is 12.1 Å². The Morgan fingerprint density at radius 2 is 2.31 bits per heavy atom. The van der Waals surface area contributed by atoms with Crippen LogP contribution in [0.1, 0.15) is 25.3 Å². The van der Waals surface area contributed by atoms with E-state index in [0.717, 1.165) is 37.1 Å². The SMILES string of the molecule is CC1CCCN1c1c(F)cccc1CCN. The van der Waals surface area contributed by atoms with Gasteiger partial charge >= 0.3 is 0 Å². The highest BCUT2D eigenvalue weighted by Gasteiger charge is 2.24. The van der Waals surface area contributed by atoms with Gasteiger partial charge in [0.1, 0.15) is 5.82 Å². The molecule has 1 atom stereocenters. The summed E-state index contributed by atoms with van der Waals surface area (Å²) in [5, 5.41) is 0. The molecule has 1 fully saturated rings. The first-order valence-electron chi connectivity index (χ1n) is 5.98. The average molecular weight is 222 g/mol. The molecule has 0 bridgehead atoms. The second kappa shape index (κ2) is 4.83. The molecule has 16 heavy (non-hydrogen) atoms. The highest BCUT2D eigenvalue weighted by Crippen LogP contribution is 2.31. The minimum atomic E-state index is -0.111. The van der Waals surface area contributed by atoms with Crippen LogP contribution in [0.25, 0.3) is 0 Å². The zero-order valence-electron chi connectivity index (χ0n) is 9.75. The molecule has 1 aromatic carbocycles. The summed E-state index contributed by atoms with van der Waals surface area (Å²) in [4.78, 5) is 2.18. The largest absolute Gasteiger partial charge is 0.366 e. The number of halogens is 1. The molecule has 1 aromatic rings. The fourth-order valence-electron chi connectivity index (χ4n) is 2.50. The van der Waals surface area contributed by atoms with Crippen molar-refractivity contribution in [2.24, 2.45) is 5.73 Å². The minimum Gasteiger partial charge on any atom is -0.366 e. The first kappa shape index (κ1) is 11.4. The number of hydrogen-bond donors (Lipinski definition) is 1. The Labute approximate surface area is 96.2 Å². The topological polar surface area (TPSA) is 29.3 Å². The van der Waals surface area contributed by atoms with Crippen molar-refractivity contribution in [1.29, 1.82) is 0 Å². The monoisotopic (exact) mass is 222 g/mol. The van der Waals surface area contributed by atoms with E-state index >= 15 is 0 Å². The highest BCUT2D eigenvalue weighted by molar-refractivity contribution is 5.56. The van der Waals surface area contributed by atoms with Crippen LogP contribution >= 0.6 is 0 Å². The van der Waals surface area contributed by atoms with Gasteiger partial charge in [-0.25, -0.2) is 4.39 Å². The van der Waals surface area contributed by atoms with E-state index in [2.05, 4.69) is 11.8 Å². The zero-order valence-corrected chi connectivity index (χ0v) is 9.75. The molecular formula is C13H19FN2. The van der Waals surface area contributed by atoms with Crippen LogP contribution in [0, 0.1) is 5.82 Å². The summed E-state index contributed by atoms with van der Waals surface area (Å²) in [7, 11) is 0. The van der Waals surface area contributed by atoms with Crippen molar-refractivity contribution in [2.45, 2.75) is 32.2 Å². The molecule has 0 saturated carbocycles. The van der Waals surface area contributed by atoms with Crippen molar-refractivity contribution in [1.82, 2.24) is 0 Å². The minimum absolute atomic E-state index is 0.111. The van der Waals surface area contributed by atoms with Gasteiger partial charge in [-0.05, 0) is 44.4 Å². The lowest BCUT2D eigenvalue weighted by atomic mass is 10.1. The lowest BCUT2D eigenvalue weighted by Gasteiger charge is -2.26. The van der Waals surface area contributed by atoms with E-state index in [0.29, 0.717) is 12.6 Å². The smallest absolute Gasteiger partial charge is 0.146 e. The Morgan fingerprint density at radius 3 is 2.94 bits per heavy atom. The quantitative estimate of drug-likeness (QED) is 0.850. The molecule has 1 saturated heterocycles. The molecular weight excluding hydrogens is 203 g/mol. The van der Waals surface area contributed by atoms with Gasteiger partial charge in [-0.1, -0.05) is 12.1 Å². The summed E-state index contributed by atoms with van der Waals surface area (Å²) >= 11 is 0. The van der Waals surface area contributed by atoms with Crippen LogP contribution in [0.2, 0.25) is 0 Å². The van der Waals surface area contributed by atoms with Crippen molar-refractivity contribution < 1.29 is 4.39 Å². The fourth-order valence-corrected chi connectivity index (χ4v) is 2.50. The van der Waals surface area contributed by atoms with E-state index < -0.39 is 0 Å². The number of rotatable bonds is 3. The third-order valence-corrected chi connectivity index (χ3v) is 3.32. The summed E-state index contributed by atoms with van der Waals surface area (Å²) < 4.78 is 13.9. The van der Waals surface area contributed by atoms with Crippen LogP contribution in [0.15, 0.2) is 18.2 Å².